The fourth-order valence-electron chi connectivity index (χ4n) is 2.04. The van der Waals surface area contributed by atoms with Gasteiger partial charge < -0.3 is 9.58 Å². The van der Waals surface area contributed by atoms with Gasteiger partial charge in [0.1, 0.15) is 11.5 Å². The van der Waals surface area contributed by atoms with Crippen molar-refractivity contribution in [3.05, 3.63) is 71.6 Å². The van der Waals surface area contributed by atoms with Crippen LogP contribution in [0, 0.1) is 6.57 Å². The van der Waals surface area contributed by atoms with Crippen LogP contribution in [-0.2, 0) is 5.54 Å². The summed E-state index contributed by atoms with van der Waals surface area (Å²) >= 11 is 0. The molecule has 88 valence electrons. The molecule has 1 aliphatic rings. The monoisotopic (exact) mass is 235 g/mol. The highest BCUT2D eigenvalue weighted by Gasteiger charge is 2.52. The quantitative estimate of drug-likeness (QED) is 0.719. The predicted octanol–water partition coefficient (Wildman–Crippen LogP) is 4.39. The van der Waals surface area contributed by atoms with Gasteiger partial charge in [-0.05, 0) is 36.4 Å². The first-order valence-electron chi connectivity index (χ1n) is 6.04. The van der Waals surface area contributed by atoms with Gasteiger partial charge in [0.15, 0.2) is 0 Å². The van der Waals surface area contributed by atoms with Gasteiger partial charge in [0.2, 0.25) is 0 Å². The highest BCUT2D eigenvalue weighted by molar-refractivity contribution is 5.39. The topological polar surface area (TPSA) is 13.6 Å². The van der Waals surface area contributed by atoms with Crippen LogP contribution >= 0.6 is 0 Å². The fourth-order valence-corrected chi connectivity index (χ4v) is 2.04. The van der Waals surface area contributed by atoms with E-state index in [0.717, 1.165) is 29.9 Å². The normalized spacial score (nSPS) is 15.7. The molecule has 1 fully saturated rings. The van der Waals surface area contributed by atoms with E-state index in [4.69, 9.17) is 11.3 Å². The first-order chi connectivity index (χ1) is 8.82. The molecule has 18 heavy (non-hydrogen) atoms. The zero-order chi connectivity index (χ0) is 12.4. The van der Waals surface area contributed by atoms with E-state index in [1.165, 1.54) is 0 Å². The van der Waals surface area contributed by atoms with Gasteiger partial charge in [-0.25, -0.2) is 6.57 Å². The van der Waals surface area contributed by atoms with Crippen molar-refractivity contribution in [2.75, 3.05) is 0 Å². The molecule has 2 aromatic rings. The van der Waals surface area contributed by atoms with Gasteiger partial charge in [0.25, 0.3) is 5.54 Å². The van der Waals surface area contributed by atoms with Crippen molar-refractivity contribution in [1.29, 1.82) is 0 Å². The molecule has 0 aliphatic heterocycles. The highest BCUT2D eigenvalue weighted by atomic mass is 16.5. The molecule has 0 bridgehead atoms. The Labute approximate surface area is 107 Å². The maximum absolute atomic E-state index is 7.23. The summed E-state index contributed by atoms with van der Waals surface area (Å²) in [5.41, 5.74) is 0.878. The number of rotatable bonds is 3. The molecule has 0 N–H and O–H groups in total. The summed E-state index contributed by atoms with van der Waals surface area (Å²) < 4.78 is 5.72. The molecule has 0 atom stereocenters. The maximum Gasteiger partial charge on any atom is 0.258 e. The van der Waals surface area contributed by atoms with Crippen molar-refractivity contribution < 1.29 is 4.74 Å². The third-order valence-electron chi connectivity index (χ3n) is 3.31. The summed E-state index contributed by atoms with van der Waals surface area (Å²) in [6.45, 7) is 7.23. The summed E-state index contributed by atoms with van der Waals surface area (Å²) in [5, 5.41) is 0. The third kappa shape index (κ3) is 1.96. The van der Waals surface area contributed by atoms with E-state index in [2.05, 4.69) is 4.85 Å². The first kappa shape index (κ1) is 10.9. The standard InChI is InChI=1S/C16H13NO/c1-17-16(11-12-16)13-7-9-15(10-8-13)18-14-5-3-2-4-6-14/h2-10H,11-12H2. The molecule has 0 radical (unpaired) electrons. The average molecular weight is 235 g/mol. The van der Waals surface area contributed by atoms with Gasteiger partial charge in [-0.2, -0.15) is 0 Å². The van der Waals surface area contributed by atoms with Crippen LogP contribution in [0.4, 0.5) is 0 Å². The van der Waals surface area contributed by atoms with Gasteiger partial charge in [0.05, 0.1) is 0 Å². The Kier molecular flexibility index (Phi) is 2.53. The molecular formula is C16H13NO. The largest absolute Gasteiger partial charge is 0.457 e. The van der Waals surface area contributed by atoms with Gasteiger partial charge in [-0.3, -0.25) is 0 Å². The maximum atomic E-state index is 7.23. The Morgan fingerprint density at radius 2 is 1.50 bits per heavy atom. The van der Waals surface area contributed by atoms with E-state index >= 15 is 0 Å². The Balaban J connectivity index is 1.78. The second-order valence-electron chi connectivity index (χ2n) is 4.58. The Morgan fingerprint density at radius 1 is 0.889 bits per heavy atom. The van der Waals surface area contributed by atoms with E-state index in [1.807, 2.05) is 54.6 Å². The highest BCUT2D eigenvalue weighted by Crippen LogP contribution is 2.49. The van der Waals surface area contributed by atoms with Crippen LogP contribution < -0.4 is 4.74 Å². The lowest BCUT2D eigenvalue weighted by Crippen LogP contribution is -1.98. The summed E-state index contributed by atoms with van der Waals surface area (Å²) in [4.78, 5) is 3.72. The predicted molar refractivity (Wildman–Crippen MR) is 70.5 cm³/mol. The number of nitrogens with zero attached hydrogens (tertiary/aromatic N) is 1. The molecule has 0 saturated heterocycles. The summed E-state index contributed by atoms with van der Waals surface area (Å²) in [6.07, 6.45) is 1.96. The van der Waals surface area contributed by atoms with Crippen LogP contribution in [0.1, 0.15) is 18.4 Å². The summed E-state index contributed by atoms with van der Waals surface area (Å²) in [7, 11) is 0. The molecule has 0 heterocycles. The van der Waals surface area contributed by atoms with Crippen LogP contribution in [0.15, 0.2) is 54.6 Å². The number of benzene rings is 2. The summed E-state index contributed by atoms with van der Waals surface area (Å²) in [5.74, 6) is 1.64. The number of hydrogen-bond acceptors (Lipinski definition) is 1. The van der Waals surface area contributed by atoms with Crippen LogP contribution in [0.2, 0.25) is 0 Å². The van der Waals surface area contributed by atoms with Crippen molar-refractivity contribution in [3.8, 4) is 11.5 Å². The average Bonchev–Trinajstić information content (AvgIpc) is 3.22. The molecule has 2 aromatic carbocycles. The van der Waals surface area contributed by atoms with E-state index in [0.29, 0.717) is 0 Å². The lowest BCUT2D eigenvalue weighted by Gasteiger charge is -2.07. The van der Waals surface area contributed by atoms with Crippen LogP contribution in [0.3, 0.4) is 0 Å². The van der Waals surface area contributed by atoms with E-state index in [-0.39, 0.29) is 5.54 Å². The Morgan fingerprint density at radius 3 is 2.06 bits per heavy atom. The SMILES string of the molecule is [C-]#[N+]C1(c2ccc(Oc3ccccc3)cc2)CC1. The van der Waals surface area contributed by atoms with Crippen molar-refractivity contribution >= 4 is 0 Å². The minimum Gasteiger partial charge on any atom is -0.457 e. The number of ether oxygens (including phenoxy) is 1. The fraction of sp³-hybridized carbons (Fsp3) is 0.188. The Bertz CT molecular complexity index is 577. The molecule has 2 heteroatoms. The molecule has 2 nitrogen and oxygen atoms in total. The zero-order valence-electron chi connectivity index (χ0n) is 9.97. The smallest absolute Gasteiger partial charge is 0.258 e. The minimum atomic E-state index is -0.231. The van der Waals surface area contributed by atoms with E-state index < -0.39 is 0 Å². The van der Waals surface area contributed by atoms with Crippen LogP contribution in [0.25, 0.3) is 4.85 Å². The molecule has 1 saturated carbocycles. The van der Waals surface area contributed by atoms with Crippen molar-refractivity contribution in [3.63, 3.8) is 0 Å². The molecule has 0 amide bonds. The molecule has 0 aromatic heterocycles. The lowest BCUT2D eigenvalue weighted by molar-refractivity contribution is 0.482. The number of para-hydroxylation sites is 1. The zero-order valence-corrected chi connectivity index (χ0v) is 9.97. The van der Waals surface area contributed by atoms with E-state index in [1.54, 1.807) is 0 Å². The molecule has 0 spiro atoms. The van der Waals surface area contributed by atoms with Gasteiger partial charge in [-0.1, -0.05) is 18.2 Å². The molecule has 1 aliphatic carbocycles. The lowest BCUT2D eigenvalue weighted by atomic mass is 10.1. The second-order valence-corrected chi connectivity index (χ2v) is 4.58. The summed E-state index contributed by atoms with van der Waals surface area (Å²) in [6, 6.07) is 17.6. The van der Waals surface area contributed by atoms with Gasteiger partial charge in [0, 0.05) is 18.4 Å². The molecule has 0 unspecified atom stereocenters. The molecule has 3 rings (SSSR count). The van der Waals surface area contributed by atoms with Crippen molar-refractivity contribution in [2.24, 2.45) is 0 Å². The van der Waals surface area contributed by atoms with Crippen molar-refractivity contribution in [1.82, 2.24) is 0 Å². The van der Waals surface area contributed by atoms with Gasteiger partial charge >= 0.3 is 0 Å². The van der Waals surface area contributed by atoms with Gasteiger partial charge in [-0.15, -0.1) is 0 Å². The van der Waals surface area contributed by atoms with E-state index in [9.17, 15) is 0 Å². The van der Waals surface area contributed by atoms with Crippen molar-refractivity contribution in [2.45, 2.75) is 18.4 Å². The number of hydrogen-bond donors (Lipinski definition) is 0. The first-order valence-corrected chi connectivity index (χ1v) is 6.04. The third-order valence-corrected chi connectivity index (χ3v) is 3.31. The molecular weight excluding hydrogens is 222 g/mol. The minimum absolute atomic E-state index is 0.231. The van der Waals surface area contributed by atoms with Crippen LogP contribution in [-0.4, -0.2) is 0 Å². The van der Waals surface area contributed by atoms with Crippen LogP contribution in [0.5, 0.6) is 11.5 Å². The second kappa shape index (κ2) is 4.19. The Hall–Kier alpha value is -2.27.